The molecule has 1 N–H and O–H groups in total. The van der Waals surface area contributed by atoms with Gasteiger partial charge in [-0.05, 0) is 39.8 Å². The van der Waals surface area contributed by atoms with Crippen LogP contribution in [0.25, 0.3) is 11.0 Å². The number of halogens is 3. The SMILES string of the molecule is Cc1ccc2c(OC3CC(C(=O)O)N(C(=O)OC(C)(C)C)C3)cc(C(F)(F)F)nc2n1. The first-order valence-corrected chi connectivity index (χ1v) is 9.49. The van der Waals surface area contributed by atoms with Crippen LogP contribution in [0.1, 0.15) is 38.6 Å². The lowest BCUT2D eigenvalue weighted by atomic mass is 10.2. The highest BCUT2D eigenvalue weighted by Crippen LogP contribution is 2.35. The van der Waals surface area contributed by atoms with Crippen molar-refractivity contribution in [1.29, 1.82) is 0 Å². The zero-order chi connectivity index (χ0) is 23.1. The van der Waals surface area contributed by atoms with E-state index >= 15 is 0 Å². The average molecular weight is 441 g/mol. The number of nitrogens with zero attached hydrogens (tertiary/aromatic N) is 3. The summed E-state index contributed by atoms with van der Waals surface area (Å²) in [7, 11) is 0. The van der Waals surface area contributed by atoms with Crippen LogP contribution in [0.4, 0.5) is 18.0 Å². The Bertz CT molecular complexity index is 1020. The van der Waals surface area contributed by atoms with Crippen LogP contribution in [0.5, 0.6) is 5.75 Å². The summed E-state index contributed by atoms with van der Waals surface area (Å²) >= 11 is 0. The van der Waals surface area contributed by atoms with Crippen molar-refractivity contribution >= 4 is 23.1 Å². The number of hydrogen-bond acceptors (Lipinski definition) is 6. The molecule has 1 saturated heterocycles. The van der Waals surface area contributed by atoms with Crippen molar-refractivity contribution in [3.63, 3.8) is 0 Å². The molecule has 0 aliphatic carbocycles. The molecule has 0 bridgehead atoms. The molecular weight excluding hydrogens is 419 g/mol. The molecule has 3 rings (SSSR count). The Morgan fingerprint density at radius 1 is 1.19 bits per heavy atom. The number of fused-ring (bicyclic) bond motifs is 1. The first-order valence-electron chi connectivity index (χ1n) is 9.49. The van der Waals surface area contributed by atoms with E-state index in [-0.39, 0.29) is 29.7 Å². The molecule has 11 heteroatoms. The van der Waals surface area contributed by atoms with E-state index in [1.54, 1.807) is 33.8 Å². The smallest absolute Gasteiger partial charge is 0.433 e. The number of hydrogen-bond donors (Lipinski definition) is 1. The molecule has 8 nitrogen and oxygen atoms in total. The van der Waals surface area contributed by atoms with Crippen molar-refractivity contribution in [2.45, 2.75) is 58.0 Å². The van der Waals surface area contributed by atoms with Gasteiger partial charge in [-0.2, -0.15) is 13.2 Å². The highest BCUT2D eigenvalue weighted by molar-refractivity contribution is 5.83. The second-order valence-corrected chi connectivity index (χ2v) is 8.29. The summed E-state index contributed by atoms with van der Waals surface area (Å²) in [5.74, 6) is -1.39. The van der Waals surface area contributed by atoms with E-state index in [4.69, 9.17) is 9.47 Å². The van der Waals surface area contributed by atoms with Crippen molar-refractivity contribution in [3.05, 3.63) is 29.6 Å². The molecule has 0 saturated carbocycles. The lowest BCUT2D eigenvalue weighted by Crippen LogP contribution is -2.43. The molecule has 1 aliphatic heterocycles. The summed E-state index contributed by atoms with van der Waals surface area (Å²) in [6.45, 7) is 6.38. The molecule has 1 amide bonds. The van der Waals surface area contributed by atoms with Gasteiger partial charge in [-0.3, -0.25) is 4.90 Å². The maximum Gasteiger partial charge on any atom is 0.433 e. The largest absolute Gasteiger partial charge is 0.488 e. The van der Waals surface area contributed by atoms with Crippen LogP contribution in [-0.4, -0.2) is 56.3 Å². The predicted molar refractivity (Wildman–Crippen MR) is 103 cm³/mol. The zero-order valence-corrected chi connectivity index (χ0v) is 17.4. The summed E-state index contributed by atoms with van der Waals surface area (Å²) in [4.78, 5) is 32.7. The van der Waals surface area contributed by atoms with Crippen molar-refractivity contribution in [2.75, 3.05) is 6.54 Å². The standard InChI is InChI=1S/C20H22F3N3O5/c1-10-5-6-12-14(8-15(20(21,22)23)25-16(12)24-10)30-11-7-13(17(27)28)26(9-11)18(29)31-19(2,3)4/h5-6,8,11,13H,7,9H2,1-4H3,(H,27,28). The van der Waals surface area contributed by atoms with Gasteiger partial charge in [-0.25, -0.2) is 19.6 Å². The number of aryl methyl sites for hydroxylation is 1. The number of carboxylic acid groups (broad SMARTS) is 1. The number of carbonyl (C=O) groups excluding carboxylic acids is 1. The van der Waals surface area contributed by atoms with Gasteiger partial charge in [0.05, 0.1) is 11.9 Å². The minimum absolute atomic E-state index is 0.112. The third-order valence-electron chi connectivity index (χ3n) is 4.53. The zero-order valence-electron chi connectivity index (χ0n) is 17.4. The first kappa shape index (κ1) is 22.6. The Morgan fingerprint density at radius 2 is 1.87 bits per heavy atom. The molecule has 2 aromatic heterocycles. The van der Waals surface area contributed by atoms with Crippen molar-refractivity contribution in [1.82, 2.24) is 14.9 Å². The summed E-state index contributed by atoms with van der Waals surface area (Å²) in [6.07, 6.45) is -6.53. The maximum atomic E-state index is 13.3. The lowest BCUT2D eigenvalue weighted by molar-refractivity contribution is -0.142. The quantitative estimate of drug-likeness (QED) is 0.773. The van der Waals surface area contributed by atoms with Gasteiger partial charge < -0.3 is 14.6 Å². The van der Waals surface area contributed by atoms with Crippen molar-refractivity contribution < 1.29 is 37.3 Å². The number of amides is 1. The number of likely N-dealkylation sites (tertiary alicyclic amines) is 1. The van der Waals surface area contributed by atoms with Crippen molar-refractivity contribution in [3.8, 4) is 5.75 Å². The van der Waals surface area contributed by atoms with Gasteiger partial charge in [-0.1, -0.05) is 0 Å². The Morgan fingerprint density at radius 3 is 2.45 bits per heavy atom. The highest BCUT2D eigenvalue weighted by Gasteiger charge is 2.43. The van der Waals surface area contributed by atoms with E-state index in [0.29, 0.717) is 5.69 Å². The number of aliphatic carboxylic acids is 1. The Labute approximate surface area is 176 Å². The van der Waals surface area contributed by atoms with Gasteiger partial charge in [0.1, 0.15) is 23.5 Å². The van der Waals surface area contributed by atoms with E-state index < -0.39 is 41.7 Å². The second-order valence-electron chi connectivity index (χ2n) is 8.29. The third-order valence-corrected chi connectivity index (χ3v) is 4.53. The number of rotatable bonds is 3. The van der Waals surface area contributed by atoms with Gasteiger partial charge in [-0.15, -0.1) is 0 Å². The normalized spacial score (nSPS) is 19.5. The monoisotopic (exact) mass is 441 g/mol. The maximum absolute atomic E-state index is 13.3. The summed E-state index contributed by atoms with van der Waals surface area (Å²) < 4.78 is 50.9. The topological polar surface area (TPSA) is 102 Å². The lowest BCUT2D eigenvalue weighted by Gasteiger charge is -2.26. The van der Waals surface area contributed by atoms with Crippen LogP contribution in [0.2, 0.25) is 0 Å². The second kappa shape index (κ2) is 7.86. The Kier molecular flexibility index (Phi) is 5.72. The van der Waals surface area contributed by atoms with Gasteiger partial charge in [0.15, 0.2) is 11.3 Å². The highest BCUT2D eigenvalue weighted by atomic mass is 19.4. The third kappa shape index (κ3) is 5.15. The number of ether oxygens (including phenoxy) is 2. The van der Waals surface area contributed by atoms with E-state index in [0.717, 1.165) is 11.0 Å². The van der Waals surface area contributed by atoms with E-state index in [1.165, 1.54) is 6.07 Å². The van der Waals surface area contributed by atoms with E-state index in [2.05, 4.69) is 9.97 Å². The summed E-state index contributed by atoms with van der Waals surface area (Å²) in [6, 6.07) is 2.67. The summed E-state index contributed by atoms with van der Waals surface area (Å²) in [5, 5.41) is 9.75. The molecule has 0 aromatic carbocycles. The van der Waals surface area contributed by atoms with Crippen molar-refractivity contribution in [2.24, 2.45) is 0 Å². The minimum atomic E-state index is -4.72. The molecule has 2 unspecified atom stereocenters. The predicted octanol–water partition coefficient (Wildman–Crippen LogP) is 3.80. The minimum Gasteiger partial charge on any atom is -0.488 e. The van der Waals surface area contributed by atoms with Gasteiger partial charge in [0.2, 0.25) is 0 Å². The van der Waals surface area contributed by atoms with Crippen LogP contribution >= 0.6 is 0 Å². The average Bonchev–Trinajstić information content (AvgIpc) is 3.03. The Balaban J connectivity index is 1.93. The van der Waals surface area contributed by atoms with Crippen LogP contribution in [0, 0.1) is 6.92 Å². The van der Waals surface area contributed by atoms with Crippen LogP contribution in [0.3, 0.4) is 0 Å². The molecule has 0 spiro atoms. The number of aromatic nitrogens is 2. The molecular formula is C20H22F3N3O5. The molecule has 1 aliphatic rings. The molecule has 1 fully saturated rings. The molecule has 0 radical (unpaired) electrons. The number of pyridine rings is 2. The fraction of sp³-hybridized carbons (Fsp3) is 0.500. The number of carboxylic acids is 1. The molecule has 168 valence electrons. The van der Waals surface area contributed by atoms with Crippen LogP contribution < -0.4 is 4.74 Å². The first-order chi connectivity index (χ1) is 14.2. The van der Waals surface area contributed by atoms with Gasteiger partial charge in [0, 0.05) is 18.2 Å². The van der Waals surface area contributed by atoms with Gasteiger partial charge >= 0.3 is 18.2 Å². The Hall–Kier alpha value is -3.11. The van der Waals surface area contributed by atoms with Crippen LogP contribution in [0.15, 0.2) is 18.2 Å². The number of carbonyl (C=O) groups is 2. The van der Waals surface area contributed by atoms with Gasteiger partial charge in [0.25, 0.3) is 0 Å². The molecule has 2 atom stereocenters. The summed E-state index contributed by atoms with van der Waals surface area (Å²) in [5.41, 5.74) is -1.68. The fourth-order valence-electron chi connectivity index (χ4n) is 3.23. The molecule has 3 heterocycles. The molecule has 2 aromatic rings. The fourth-order valence-corrected chi connectivity index (χ4v) is 3.23. The number of alkyl halides is 3. The molecule has 31 heavy (non-hydrogen) atoms. The van der Waals surface area contributed by atoms with Crippen LogP contribution in [-0.2, 0) is 15.7 Å². The van der Waals surface area contributed by atoms with E-state index in [9.17, 15) is 27.9 Å². The van der Waals surface area contributed by atoms with E-state index in [1.807, 2.05) is 0 Å².